The summed E-state index contributed by atoms with van der Waals surface area (Å²) >= 11 is 5.91. The van der Waals surface area contributed by atoms with Gasteiger partial charge in [-0.3, -0.25) is 10.8 Å². The molecule has 0 aliphatic rings. The lowest BCUT2D eigenvalue weighted by Gasteiger charge is -2.06. The Morgan fingerprint density at radius 2 is 2.08 bits per heavy atom. The van der Waals surface area contributed by atoms with E-state index in [9.17, 15) is 0 Å². The Hall–Kier alpha value is -3.37. The third kappa shape index (κ3) is 3.99. The summed E-state index contributed by atoms with van der Waals surface area (Å²) in [6.07, 6.45) is 2.67. The van der Waals surface area contributed by atoms with Crippen LogP contribution >= 0.6 is 11.6 Å². The minimum absolute atomic E-state index is 0.168. The summed E-state index contributed by atoms with van der Waals surface area (Å²) in [5, 5.41) is 20.6. The van der Waals surface area contributed by atoms with E-state index in [2.05, 4.69) is 20.1 Å². The number of rotatable bonds is 6. The number of halogens is 1. The largest absolute Gasteiger partial charge is 0.382 e. The van der Waals surface area contributed by atoms with Gasteiger partial charge in [0.25, 0.3) is 0 Å². The number of hydrogen-bond acceptors (Lipinski definition) is 5. The van der Waals surface area contributed by atoms with Gasteiger partial charge >= 0.3 is 0 Å². The van der Waals surface area contributed by atoms with Crippen LogP contribution in [-0.4, -0.2) is 21.1 Å². The Morgan fingerprint density at radius 1 is 1.31 bits per heavy atom. The van der Waals surface area contributed by atoms with Crippen molar-refractivity contribution in [1.29, 1.82) is 10.7 Å². The monoisotopic (exact) mass is 365 g/mol. The van der Waals surface area contributed by atoms with Gasteiger partial charge in [0.1, 0.15) is 6.07 Å². The average molecular weight is 366 g/mol. The van der Waals surface area contributed by atoms with Crippen LogP contribution in [0.5, 0.6) is 0 Å². The maximum absolute atomic E-state index is 8.85. The molecule has 0 fully saturated rings. The quantitative estimate of drug-likeness (QED) is 0.353. The van der Waals surface area contributed by atoms with Crippen LogP contribution in [-0.2, 0) is 13.0 Å². The molecule has 0 amide bonds. The molecule has 3 aromatic rings. The Morgan fingerprint density at radius 3 is 2.77 bits per heavy atom. The predicted octanol–water partition coefficient (Wildman–Crippen LogP) is 3.16. The number of imidazole rings is 1. The number of amidine groups is 1. The van der Waals surface area contributed by atoms with E-state index in [1.54, 1.807) is 12.4 Å². The van der Waals surface area contributed by atoms with Crippen molar-refractivity contribution in [3.05, 3.63) is 59.4 Å². The molecule has 2 aromatic carbocycles. The van der Waals surface area contributed by atoms with E-state index in [0.717, 1.165) is 29.0 Å². The highest BCUT2D eigenvalue weighted by Crippen LogP contribution is 2.19. The van der Waals surface area contributed by atoms with Crippen LogP contribution in [0.25, 0.3) is 11.0 Å². The molecular weight excluding hydrogens is 350 g/mol. The van der Waals surface area contributed by atoms with Crippen molar-refractivity contribution in [1.82, 2.24) is 9.55 Å². The van der Waals surface area contributed by atoms with E-state index in [1.807, 2.05) is 42.5 Å². The molecule has 3 rings (SSSR count). The van der Waals surface area contributed by atoms with Gasteiger partial charge in [0.15, 0.2) is 5.84 Å². The van der Waals surface area contributed by atoms with Gasteiger partial charge in [-0.1, -0.05) is 23.7 Å². The number of hydrazone groups is 1. The van der Waals surface area contributed by atoms with E-state index in [1.165, 1.54) is 5.56 Å². The van der Waals surface area contributed by atoms with Gasteiger partial charge in [-0.05, 0) is 42.3 Å². The fraction of sp³-hybridized carbons (Fsp3) is 0.111. The molecule has 0 radical (unpaired) electrons. The normalized spacial score (nSPS) is 11.3. The van der Waals surface area contributed by atoms with Gasteiger partial charge in [-0.25, -0.2) is 4.98 Å². The summed E-state index contributed by atoms with van der Waals surface area (Å²) in [5.74, 6) is -0.382. The van der Waals surface area contributed by atoms with Crippen molar-refractivity contribution >= 4 is 39.9 Å². The lowest BCUT2D eigenvalue weighted by Crippen LogP contribution is -2.21. The van der Waals surface area contributed by atoms with Crippen LogP contribution in [0.1, 0.15) is 5.56 Å². The topological polar surface area (TPSA) is 116 Å². The summed E-state index contributed by atoms with van der Waals surface area (Å²) < 4.78 is 2.08. The number of nitrogens with two attached hydrogens (primary N) is 1. The number of hydrogen-bond donors (Lipinski definition) is 3. The van der Waals surface area contributed by atoms with Crippen molar-refractivity contribution in [2.24, 2.45) is 10.8 Å². The minimum Gasteiger partial charge on any atom is -0.382 e. The number of anilines is 1. The first kappa shape index (κ1) is 17.5. The van der Waals surface area contributed by atoms with Crippen molar-refractivity contribution in [2.45, 2.75) is 13.0 Å². The smallest absolute Gasteiger partial charge is 0.201 e. The number of aromatic nitrogens is 2. The standard InChI is InChI=1S/C18H16ClN7/c19-13-3-1-12(2-4-13)7-8-26-11-23-15-9-14(5-6-17(15)26)24-25-16(10-20)18(21)22/h1-6,9,11,24H,7-8H2,(H3,21,22)/b25-16+. The molecule has 0 spiro atoms. The van der Waals surface area contributed by atoms with Crippen molar-refractivity contribution < 1.29 is 0 Å². The molecule has 0 unspecified atom stereocenters. The number of benzene rings is 2. The summed E-state index contributed by atoms with van der Waals surface area (Å²) in [4.78, 5) is 4.41. The fourth-order valence-corrected chi connectivity index (χ4v) is 2.60. The third-order valence-corrected chi connectivity index (χ3v) is 4.09. The van der Waals surface area contributed by atoms with E-state index in [0.29, 0.717) is 5.69 Å². The molecule has 0 atom stereocenters. The number of fused-ring (bicyclic) bond motifs is 1. The van der Waals surface area contributed by atoms with E-state index in [-0.39, 0.29) is 11.5 Å². The van der Waals surface area contributed by atoms with E-state index in [4.69, 9.17) is 28.0 Å². The minimum atomic E-state index is -0.382. The summed E-state index contributed by atoms with van der Waals surface area (Å²) in [5.41, 5.74) is 11.5. The molecule has 0 saturated heterocycles. The summed E-state index contributed by atoms with van der Waals surface area (Å²) in [6, 6.07) is 15.2. The Bertz CT molecular complexity index is 1010. The molecule has 1 heterocycles. The van der Waals surface area contributed by atoms with Crippen LogP contribution in [0.2, 0.25) is 5.02 Å². The molecule has 4 N–H and O–H groups in total. The summed E-state index contributed by atoms with van der Waals surface area (Å²) in [7, 11) is 0. The van der Waals surface area contributed by atoms with Gasteiger partial charge in [0, 0.05) is 11.6 Å². The molecule has 0 aliphatic heterocycles. The SMILES string of the molecule is N#C/C(=N\Nc1ccc2c(c1)ncn2CCc1ccc(Cl)cc1)C(=N)N. The third-order valence-electron chi connectivity index (χ3n) is 3.83. The molecule has 8 heteroatoms. The second kappa shape index (κ2) is 7.68. The zero-order valence-electron chi connectivity index (χ0n) is 13.8. The zero-order valence-corrected chi connectivity index (χ0v) is 14.5. The second-order valence-corrected chi connectivity index (χ2v) is 6.05. The van der Waals surface area contributed by atoms with Crippen LogP contribution < -0.4 is 11.2 Å². The van der Waals surface area contributed by atoms with Crippen LogP contribution in [0.3, 0.4) is 0 Å². The van der Waals surface area contributed by atoms with Crippen LogP contribution in [0, 0.1) is 16.7 Å². The number of nitriles is 1. The van der Waals surface area contributed by atoms with Crippen LogP contribution in [0.15, 0.2) is 53.9 Å². The molecule has 130 valence electrons. The maximum atomic E-state index is 8.85. The second-order valence-electron chi connectivity index (χ2n) is 5.62. The van der Waals surface area contributed by atoms with Gasteiger partial charge in [-0.2, -0.15) is 10.4 Å². The number of nitrogens with one attached hydrogen (secondary N) is 2. The predicted molar refractivity (Wildman–Crippen MR) is 103 cm³/mol. The van der Waals surface area contributed by atoms with Crippen molar-refractivity contribution in [2.75, 3.05) is 5.43 Å². The maximum Gasteiger partial charge on any atom is 0.201 e. The van der Waals surface area contributed by atoms with E-state index < -0.39 is 0 Å². The first-order valence-corrected chi connectivity index (χ1v) is 8.22. The van der Waals surface area contributed by atoms with Gasteiger partial charge in [0.2, 0.25) is 5.71 Å². The van der Waals surface area contributed by atoms with Crippen molar-refractivity contribution in [3.8, 4) is 6.07 Å². The molecule has 0 aliphatic carbocycles. The summed E-state index contributed by atoms with van der Waals surface area (Å²) in [6.45, 7) is 0.798. The van der Waals surface area contributed by atoms with Crippen LogP contribution in [0.4, 0.5) is 5.69 Å². The highest BCUT2D eigenvalue weighted by molar-refractivity contribution is 6.45. The molecule has 7 nitrogen and oxygen atoms in total. The van der Waals surface area contributed by atoms with Crippen molar-refractivity contribution in [3.63, 3.8) is 0 Å². The first-order chi connectivity index (χ1) is 12.6. The van der Waals surface area contributed by atoms with Gasteiger partial charge in [0.05, 0.1) is 23.0 Å². The Kier molecular flexibility index (Phi) is 5.15. The number of aryl methyl sites for hydroxylation is 2. The molecular formula is C18H16ClN7. The molecule has 1 aromatic heterocycles. The lowest BCUT2D eigenvalue weighted by atomic mass is 10.1. The fourth-order valence-electron chi connectivity index (χ4n) is 2.48. The molecule has 0 bridgehead atoms. The number of nitrogens with zero attached hydrogens (tertiary/aromatic N) is 4. The highest BCUT2D eigenvalue weighted by Gasteiger charge is 2.05. The molecule has 0 saturated carbocycles. The average Bonchev–Trinajstić information content (AvgIpc) is 3.04. The zero-order chi connectivity index (χ0) is 18.5. The molecule has 26 heavy (non-hydrogen) atoms. The first-order valence-electron chi connectivity index (χ1n) is 7.84. The Balaban J connectivity index is 1.73. The van der Waals surface area contributed by atoms with E-state index >= 15 is 0 Å². The Labute approximate surface area is 155 Å². The van der Waals surface area contributed by atoms with Gasteiger partial charge in [-0.15, -0.1) is 0 Å². The lowest BCUT2D eigenvalue weighted by molar-refractivity contribution is 0.716. The van der Waals surface area contributed by atoms with Gasteiger partial charge < -0.3 is 10.3 Å². The highest BCUT2D eigenvalue weighted by atomic mass is 35.5.